The van der Waals surface area contributed by atoms with E-state index < -0.39 is 68.1 Å². The molecule has 1 aromatic carbocycles. The van der Waals surface area contributed by atoms with Gasteiger partial charge in [-0.2, -0.15) is 0 Å². The molecule has 0 aliphatic carbocycles. The number of esters is 2. The number of ether oxygens (including phenoxy) is 5. The number of benzene rings is 1. The molecule has 2 aliphatic heterocycles. The van der Waals surface area contributed by atoms with Crippen LogP contribution in [0, 0.1) is 5.92 Å². The van der Waals surface area contributed by atoms with E-state index in [4.69, 9.17) is 23.7 Å². The predicted octanol–water partition coefficient (Wildman–Crippen LogP) is -1.37. The number of aromatic hydroxyl groups is 1. The Kier molecular flexibility index (Phi) is 10.6. The number of carbonyl (C=O) groups excluding carboxylic acids is 2. The molecule has 2 heterocycles. The molecule has 1 fully saturated rings. The summed E-state index contributed by atoms with van der Waals surface area (Å²) in [5.74, 6) is -2.39. The molecular formula is C25H32O13. The summed E-state index contributed by atoms with van der Waals surface area (Å²) in [4.78, 5) is 25.1. The van der Waals surface area contributed by atoms with Crippen molar-refractivity contribution < 1.29 is 63.9 Å². The number of aliphatic hydroxyl groups excluding tert-OH is 5. The summed E-state index contributed by atoms with van der Waals surface area (Å²) in [6.07, 6.45) is -6.99. The lowest BCUT2D eigenvalue weighted by Gasteiger charge is -2.41. The minimum atomic E-state index is -1.74. The maximum atomic E-state index is 12.7. The van der Waals surface area contributed by atoms with Gasteiger partial charge >= 0.3 is 11.9 Å². The average molecular weight is 541 g/mol. The largest absolute Gasteiger partial charge is 0.508 e. The Morgan fingerprint density at radius 2 is 1.76 bits per heavy atom. The van der Waals surface area contributed by atoms with Gasteiger partial charge in [0.2, 0.25) is 6.29 Å². The third kappa shape index (κ3) is 7.08. The minimum Gasteiger partial charge on any atom is -0.508 e. The number of aliphatic hydroxyl groups is 5. The molecule has 1 saturated heterocycles. The summed E-state index contributed by atoms with van der Waals surface area (Å²) in [6, 6.07) is 6.38. The molecule has 6 N–H and O–H groups in total. The fourth-order valence-electron chi connectivity index (χ4n) is 4.10. The first-order valence-corrected chi connectivity index (χ1v) is 11.8. The fraction of sp³-hybridized carbons (Fsp3) is 0.520. The quantitative estimate of drug-likeness (QED) is 0.150. The summed E-state index contributed by atoms with van der Waals surface area (Å²) >= 11 is 0. The highest BCUT2D eigenvalue weighted by atomic mass is 16.8. The van der Waals surface area contributed by atoms with Crippen LogP contribution in [0.2, 0.25) is 0 Å². The Labute approximate surface area is 218 Å². The van der Waals surface area contributed by atoms with Crippen molar-refractivity contribution in [1.29, 1.82) is 0 Å². The summed E-state index contributed by atoms with van der Waals surface area (Å²) in [5.41, 5.74) is 0.879. The van der Waals surface area contributed by atoms with Crippen LogP contribution in [0.1, 0.15) is 12.0 Å². The van der Waals surface area contributed by atoms with Crippen LogP contribution in [0.4, 0.5) is 0 Å². The summed E-state index contributed by atoms with van der Waals surface area (Å²) in [7, 11) is 1.14. The second-order valence-corrected chi connectivity index (χ2v) is 8.65. The molecule has 0 aromatic heterocycles. The van der Waals surface area contributed by atoms with Crippen LogP contribution < -0.4 is 0 Å². The van der Waals surface area contributed by atoms with Crippen LogP contribution in [0.3, 0.4) is 0 Å². The van der Waals surface area contributed by atoms with Crippen molar-refractivity contribution in [3.8, 4) is 5.75 Å². The Morgan fingerprint density at radius 3 is 2.39 bits per heavy atom. The van der Waals surface area contributed by atoms with Gasteiger partial charge in [0.15, 0.2) is 6.29 Å². The molecule has 38 heavy (non-hydrogen) atoms. The Bertz CT molecular complexity index is 1000. The molecule has 210 valence electrons. The van der Waals surface area contributed by atoms with Gasteiger partial charge < -0.3 is 54.3 Å². The van der Waals surface area contributed by atoms with E-state index >= 15 is 0 Å². The zero-order valence-electron chi connectivity index (χ0n) is 20.6. The van der Waals surface area contributed by atoms with E-state index in [-0.39, 0.29) is 29.9 Å². The highest BCUT2D eigenvalue weighted by molar-refractivity contribution is 5.90. The van der Waals surface area contributed by atoms with E-state index in [1.807, 2.05) is 0 Å². The monoisotopic (exact) mass is 540 g/mol. The van der Waals surface area contributed by atoms with Crippen molar-refractivity contribution in [3.63, 3.8) is 0 Å². The van der Waals surface area contributed by atoms with Crippen LogP contribution in [-0.4, -0.2) is 107 Å². The third-order valence-electron chi connectivity index (χ3n) is 6.18. The van der Waals surface area contributed by atoms with Gasteiger partial charge in [-0.3, -0.25) is 4.79 Å². The van der Waals surface area contributed by atoms with Gasteiger partial charge in [0.05, 0.1) is 45.2 Å². The van der Waals surface area contributed by atoms with Gasteiger partial charge in [-0.05, 0) is 17.7 Å². The molecule has 13 heteroatoms. The van der Waals surface area contributed by atoms with E-state index in [1.165, 1.54) is 18.2 Å². The lowest BCUT2D eigenvalue weighted by atomic mass is 9.86. The first-order chi connectivity index (χ1) is 18.2. The van der Waals surface area contributed by atoms with Crippen molar-refractivity contribution in [2.24, 2.45) is 5.92 Å². The van der Waals surface area contributed by atoms with Crippen molar-refractivity contribution >= 4 is 11.9 Å². The molecule has 0 saturated carbocycles. The van der Waals surface area contributed by atoms with E-state index in [0.717, 1.165) is 18.9 Å². The molecule has 1 aromatic rings. The zero-order valence-corrected chi connectivity index (χ0v) is 20.6. The predicted molar refractivity (Wildman–Crippen MR) is 126 cm³/mol. The van der Waals surface area contributed by atoms with Crippen molar-refractivity contribution in [2.45, 2.75) is 49.8 Å². The SMILES string of the molecule is COC(=O)C1=CO[C@@H](O[C@@H]2O[C@H](CO)[C@H](O)[C@@H](O)[C@@H]2O)/C(=C/CO)[C@@H]1CC(=O)OCCc1ccc(O)cc1. The van der Waals surface area contributed by atoms with Crippen LogP contribution >= 0.6 is 0 Å². The normalized spacial score (nSPS) is 30.3. The second kappa shape index (κ2) is 13.7. The van der Waals surface area contributed by atoms with Gasteiger partial charge in [-0.25, -0.2) is 4.79 Å². The van der Waals surface area contributed by atoms with Gasteiger partial charge in [-0.15, -0.1) is 0 Å². The molecule has 0 spiro atoms. The Balaban J connectivity index is 1.75. The molecule has 2 aliphatic rings. The van der Waals surface area contributed by atoms with Crippen LogP contribution in [0.25, 0.3) is 0 Å². The first-order valence-electron chi connectivity index (χ1n) is 11.8. The van der Waals surface area contributed by atoms with Crippen molar-refractivity contribution in [3.05, 3.63) is 53.3 Å². The number of phenols is 1. The molecule has 13 nitrogen and oxygen atoms in total. The first kappa shape index (κ1) is 29.5. The van der Waals surface area contributed by atoms with Gasteiger partial charge in [0, 0.05) is 17.9 Å². The van der Waals surface area contributed by atoms with Crippen LogP contribution in [-0.2, 0) is 39.7 Å². The van der Waals surface area contributed by atoms with Crippen molar-refractivity contribution in [1.82, 2.24) is 0 Å². The zero-order chi connectivity index (χ0) is 27.8. The minimum absolute atomic E-state index is 0.0218. The van der Waals surface area contributed by atoms with E-state index in [9.17, 15) is 40.2 Å². The standard InChI is InChI=1S/C25H32O13/c1-34-23(33)17-12-36-24(38-25-22(32)21(31)20(30)18(11-27)37-25)15(6-8-26)16(17)10-19(29)35-9-7-13-2-4-14(28)5-3-13/h2-6,12,16,18,20-22,24-28,30-32H,7-11H2,1H3/b15-6+/t16-,18+,20-,21+,22-,24-,25-/m0/s1. The number of rotatable bonds is 10. The smallest absolute Gasteiger partial charge is 0.337 e. The van der Waals surface area contributed by atoms with Crippen LogP contribution in [0.15, 0.2) is 47.7 Å². The maximum Gasteiger partial charge on any atom is 0.337 e. The number of hydrogen-bond acceptors (Lipinski definition) is 13. The average Bonchev–Trinajstić information content (AvgIpc) is 2.91. The molecule has 7 atom stereocenters. The lowest BCUT2D eigenvalue weighted by Crippen LogP contribution is -2.60. The van der Waals surface area contributed by atoms with Gasteiger partial charge in [0.1, 0.15) is 30.2 Å². The number of hydrogen-bond donors (Lipinski definition) is 6. The summed E-state index contributed by atoms with van der Waals surface area (Å²) in [5, 5.41) is 58.8. The second-order valence-electron chi connectivity index (χ2n) is 8.65. The lowest BCUT2D eigenvalue weighted by molar-refractivity contribution is -0.327. The molecule has 0 radical (unpaired) electrons. The van der Waals surface area contributed by atoms with Gasteiger partial charge in [-0.1, -0.05) is 18.2 Å². The molecule has 3 rings (SSSR count). The topological polar surface area (TPSA) is 202 Å². The third-order valence-corrected chi connectivity index (χ3v) is 6.18. The summed E-state index contributed by atoms with van der Waals surface area (Å²) in [6.45, 7) is -1.19. The molecular weight excluding hydrogens is 508 g/mol. The van der Waals surface area contributed by atoms with E-state index in [1.54, 1.807) is 12.1 Å². The number of methoxy groups -OCH3 is 1. The van der Waals surface area contributed by atoms with E-state index in [0.29, 0.717) is 6.42 Å². The molecule has 0 amide bonds. The number of phenolic OH excluding ortho intramolecular Hbond substituents is 1. The highest BCUT2D eigenvalue weighted by Crippen LogP contribution is 2.36. The van der Waals surface area contributed by atoms with Crippen molar-refractivity contribution in [2.75, 3.05) is 26.9 Å². The molecule has 0 unspecified atom stereocenters. The van der Waals surface area contributed by atoms with E-state index in [2.05, 4.69) is 0 Å². The number of carbonyl (C=O) groups is 2. The van der Waals surface area contributed by atoms with Crippen LogP contribution in [0.5, 0.6) is 5.75 Å². The Morgan fingerprint density at radius 1 is 1.05 bits per heavy atom. The Hall–Kier alpha value is -3.04. The maximum absolute atomic E-state index is 12.7. The highest BCUT2D eigenvalue weighted by Gasteiger charge is 2.47. The fourth-order valence-corrected chi connectivity index (χ4v) is 4.10. The molecule has 0 bridgehead atoms. The van der Waals surface area contributed by atoms with Gasteiger partial charge in [0.25, 0.3) is 0 Å². The summed E-state index contributed by atoms with van der Waals surface area (Å²) < 4.78 is 26.6.